The van der Waals surface area contributed by atoms with Gasteiger partial charge in [0.2, 0.25) is 65.0 Å². The molecule has 102 heavy (non-hydrogen) atoms. The second-order valence-corrected chi connectivity index (χ2v) is 29.5. The fourth-order valence-electron chi connectivity index (χ4n) is 14.6. The molecule has 0 radical (unpaired) electrons. The summed E-state index contributed by atoms with van der Waals surface area (Å²) >= 11 is 6.17. The van der Waals surface area contributed by atoms with Gasteiger partial charge in [0.25, 0.3) is 5.91 Å². The van der Waals surface area contributed by atoms with Crippen molar-refractivity contribution in [2.24, 2.45) is 17.8 Å². The van der Waals surface area contributed by atoms with Gasteiger partial charge in [-0.05, 0) is 112 Å². The minimum Gasteiger partial charge on any atom is -0.375 e. The largest absolute Gasteiger partial charge is 0.417 e. The van der Waals surface area contributed by atoms with E-state index in [1.54, 1.807) is 19.1 Å². The molecule has 5 aliphatic rings. The molecular weight excluding hydrogens is 1350 g/mol. The molecule has 2 saturated heterocycles. The Balaban J connectivity index is 1.32. The summed E-state index contributed by atoms with van der Waals surface area (Å²) in [6, 6.07) is -0.318. The fourth-order valence-corrected chi connectivity index (χ4v) is 14.9. The highest BCUT2D eigenvalue weighted by Crippen LogP contribution is 2.38. The highest BCUT2D eigenvalue weighted by Gasteiger charge is 2.52. The molecule has 2 aromatic carbocycles. The maximum atomic E-state index is 15.6. The van der Waals surface area contributed by atoms with Crippen LogP contribution in [0.3, 0.4) is 0 Å². The summed E-state index contributed by atoms with van der Waals surface area (Å²) < 4.78 is 47.6. The van der Waals surface area contributed by atoms with Gasteiger partial charge in [-0.15, -0.1) is 0 Å². The van der Waals surface area contributed by atoms with Crippen molar-refractivity contribution in [3.05, 3.63) is 82.0 Å². The van der Waals surface area contributed by atoms with Gasteiger partial charge in [-0.1, -0.05) is 107 Å². The van der Waals surface area contributed by atoms with Gasteiger partial charge in [-0.25, -0.2) is 0 Å². The smallest absolute Gasteiger partial charge is 0.375 e. The summed E-state index contributed by atoms with van der Waals surface area (Å²) in [5.41, 5.74) is -0.898. The van der Waals surface area contributed by atoms with Gasteiger partial charge < -0.3 is 64.8 Å². The van der Waals surface area contributed by atoms with Crippen molar-refractivity contribution in [3.63, 3.8) is 0 Å². The van der Waals surface area contributed by atoms with Crippen molar-refractivity contribution in [2.75, 3.05) is 89.2 Å². The summed E-state index contributed by atoms with van der Waals surface area (Å²) in [4.78, 5) is 191. The normalized spacial score (nSPS) is 26.1. The number of fused-ring (bicyclic) bond motifs is 3. The van der Waals surface area contributed by atoms with E-state index >= 15 is 28.8 Å². The molecule has 2 bridgehead atoms. The topological polar surface area (TPSA) is 279 Å². The van der Waals surface area contributed by atoms with E-state index in [0.717, 1.165) is 45.2 Å². The maximum absolute atomic E-state index is 15.6. The Morgan fingerprint density at radius 1 is 0.706 bits per heavy atom. The quantitative estimate of drug-likeness (QED) is 0.268. The number of carbonyl (C=O) groups is 12. The number of nitrogens with zero attached hydrogens (tertiary/aromatic N) is 9. The summed E-state index contributed by atoms with van der Waals surface area (Å²) in [6.07, 6.45) is 1.73. The first-order valence-electron chi connectivity index (χ1n) is 35.5. The van der Waals surface area contributed by atoms with E-state index in [4.69, 9.17) is 16.3 Å². The lowest BCUT2D eigenvalue weighted by molar-refractivity contribution is -0.156. The lowest BCUT2D eigenvalue weighted by atomic mass is 9.90. The zero-order chi connectivity index (χ0) is 75.4. The first-order valence-corrected chi connectivity index (χ1v) is 35.9. The number of benzene rings is 2. The Labute approximate surface area is 601 Å². The minimum absolute atomic E-state index is 0.00829. The van der Waals surface area contributed by atoms with E-state index in [1.165, 1.54) is 104 Å². The van der Waals surface area contributed by atoms with Crippen molar-refractivity contribution in [1.82, 2.24) is 60.0 Å². The molecule has 3 aliphatic heterocycles. The zero-order valence-corrected chi connectivity index (χ0v) is 62.0. The molecule has 3 heterocycles. The third kappa shape index (κ3) is 19.6. The zero-order valence-electron chi connectivity index (χ0n) is 61.2. The van der Waals surface area contributed by atoms with Crippen LogP contribution >= 0.6 is 11.6 Å². The first-order chi connectivity index (χ1) is 48.0. The van der Waals surface area contributed by atoms with Crippen LogP contribution in [0.15, 0.2) is 54.7 Å². The number of aryl methyl sites for hydroxylation is 2. The van der Waals surface area contributed by atoms with Crippen molar-refractivity contribution in [3.8, 4) is 0 Å². The van der Waals surface area contributed by atoms with Crippen molar-refractivity contribution in [2.45, 2.75) is 197 Å². The van der Waals surface area contributed by atoms with Crippen LogP contribution in [0.5, 0.6) is 0 Å². The van der Waals surface area contributed by atoms with Gasteiger partial charge in [0.15, 0.2) is 0 Å². The van der Waals surface area contributed by atoms with Crippen LogP contribution in [0.1, 0.15) is 140 Å². The van der Waals surface area contributed by atoms with Crippen LogP contribution in [0.4, 0.5) is 13.2 Å². The van der Waals surface area contributed by atoms with E-state index in [2.05, 4.69) is 16.0 Å². The number of alkyl halides is 3. The predicted molar refractivity (Wildman–Crippen MR) is 374 cm³/mol. The highest BCUT2D eigenvalue weighted by molar-refractivity contribution is 6.31. The number of rotatable bonds is 11. The summed E-state index contributed by atoms with van der Waals surface area (Å²) in [5.74, 6) is -9.66. The second-order valence-electron chi connectivity index (χ2n) is 29.1. The third-order valence-corrected chi connectivity index (χ3v) is 21.3. The SMILES string of the molecule is CC[C@H](C)C1NC(=O)[C@H](CC(C)C)N(C)C(=O)C[C@@H](C(=O)N(C)C)N(C)C(=O)[C@H](C2CCCC2)N(C)C(=O)C2(CCCC2)NC(=O)C2CCCN2C(=O)[C@H](CCc2ccc(C(F)(F)F)c(Cl)c2)NC(=O)CN(C)C(=O)[C@H](Cc2ccc(C)cc2)N2/C=C\COC[C@@H](C2=O)N(C)C(=O)CN(C)C1=O. The Morgan fingerprint density at radius 2 is 1.34 bits per heavy atom. The van der Waals surface area contributed by atoms with Crippen molar-refractivity contribution >= 4 is 82.5 Å². The van der Waals surface area contributed by atoms with Crippen molar-refractivity contribution in [1.29, 1.82) is 0 Å². The molecule has 4 fully saturated rings. The molecule has 7 rings (SSSR count). The molecular formula is C73H104ClF3N12O13. The van der Waals surface area contributed by atoms with Gasteiger partial charge in [0, 0.05) is 75.5 Å². The molecule has 562 valence electrons. The Kier molecular flexibility index (Phi) is 28.1. The molecule has 2 aliphatic carbocycles. The molecule has 9 atom stereocenters. The van der Waals surface area contributed by atoms with E-state index in [0.29, 0.717) is 44.1 Å². The summed E-state index contributed by atoms with van der Waals surface area (Å²) in [6.45, 7) is 7.36. The van der Waals surface area contributed by atoms with Gasteiger partial charge in [-0.3, -0.25) is 57.5 Å². The molecule has 25 nitrogen and oxygen atoms in total. The van der Waals surface area contributed by atoms with Crippen LogP contribution in [-0.4, -0.2) is 258 Å². The first kappa shape index (κ1) is 81.2. The lowest BCUT2D eigenvalue weighted by Gasteiger charge is -2.42. The number of amides is 12. The van der Waals surface area contributed by atoms with Gasteiger partial charge in [0.1, 0.15) is 53.9 Å². The van der Waals surface area contributed by atoms with Crippen LogP contribution in [-0.2, 0) is 81.3 Å². The van der Waals surface area contributed by atoms with Crippen LogP contribution < -0.4 is 16.0 Å². The van der Waals surface area contributed by atoms with E-state index < -0.39 is 173 Å². The Hall–Kier alpha value is -8.14. The Morgan fingerprint density at radius 3 is 1.95 bits per heavy atom. The van der Waals surface area contributed by atoms with Gasteiger partial charge in [-0.2, -0.15) is 13.2 Å². The molecule has 2 unspecified atom stereocenters. The summed E-state index contributed by atoms with van der Waals surface area (Å²) in [5, 5.41) is 8.08. The van der Waals surface area contributed by atoms with Crippen LogP contribution in [0.2, 0.25) is 5.02 Å². The minimum atomic E-state index is -4.78. The van der Waals surface area contributed by atoms with E-state index in [9.17, 15) is 41.9 Å². The number of carbonyl (C=O) groups excluding carboxylic acids is 12. The van der Waals surface area contributed by atoms with E-state index in [-0.39, 0.29) is 76.2 Å². The third-order valence-electron chi connectivity index (χ3n) is 21.0. The molecule has 0 aromatic heterocycles. The number of nitrogens with one attached hydrogen (secondary N) is 3. The van der Waals surface area contributed by atoms with Crippen molar-refractivity contribution < 1.29 is 75.4 Å². The molecule has 2 saturated carbocycles. The van der Waals surface area contributed by atoms with Crippen LogP contribution in [0.25, 0.3) is 0 Å². The lowest BCUT2D eigenvalue weighted by Crippen LogP contribution is -2.65. The number of hydrogen-bond acceptors (Lipinski definition) is 13. The van der Waals surface area contributed by atoms with Gasteiger partial charge in [0.05, 0.1) is 43.3 Å². The fraction of sp³-hybridized carbons (Fsp3) is 0.644. The standard InChI is InChI=1S/C73H104ClF3N12O13/c1-14-46(5)61-69(99)83(9)42-60(92)85(11)57-43-102-36-20-35-89(68(57)98)56(39-48-26-24-45(4)25-27-48)67(97)82(8)41-58(90)78-52(31-29-47-28-30-50(51(74)38-47)73(75,76)77)65(95)88-34-19-23-53(88)64(94)80-72(32-17-18-33-72)71(101)87(13)62(49-21-15-16-22-49)70(100)86(12)55(66(96)81(6)7)40-59(91)84(10)54(37-44(2)3)63(93)79-61/h20,24-28,30,35,38,44,46,49,52-57,61-62H,14-19,21-23,29,31-34,36-37,39-43H2,1-13H3,(H,78,90)(H,79,93)(H,80,94)/b35-20-/t46-,52-,53?,54-,55-,56-,57-,61?,62-/m0/s1. The van der Waals surface area contributed by atoms with Crippen LogP contribution in [0, 0.1) is 24.7 Å². The Bertz CT molecular complexity index is 3440. The molecule has 3 N–H and O–H groups in total. The maximum Gasteiger partial charge on any atom is 0.417 e. The number of halogens is 4. The summed E-state index contributed by atoms with van der Waals surface area (Å²) in [7, 11) is 11.3. The molecule has 29 heteroatoms. The monoisotopic (exact) mass is 1450 g/mol. The average molecular weight is 1450 g/mol. The van der Waals surface area contributed by atoms with Gasteiger partial charge >= 0.3 is 6.18 Å². The number of hydrogen-bond donors (Lipinski definition) is 3. The molecule has 1 spiro atoms. The molecule has 2 aromatic rings. The number of ether oxygens (including phenoxy) is 1. The second kappa shape index (κ2) is 35.4. The molecule has 12 amide bonds. The number of likely N-dealkylation sites (N-methyl/N-ethyl adjacent to an activating group) is 7. The highest BCUT2D eigenvalue weighted by atomic mass is 35.5. The van der Waals surface area contributed by atoms with E-state index in [1.807, 2.05) is 39.8 Å². The predicted octanol–water partition coefficient (Wildman–Crippen LogP) is 4.97. The average Bonchev–Trinajstić information content (AvgIpc) is 1.51.